The molecule has 1 aliphatic rings. The average molecular weight is 341 g/mol. The van der Waals surface area contributed by atoms with E-state index in [0.717, 1.165) is 23.2 Å². The number of halogens is 1. The number of nitrogens with two attached hydrogens (primary N) is 1. The molecule has 0 radical (unpaired) electrons. The van der Waals surface area contributed by atoms with Crippen molar-refractivity contribution < 1.29 is 4.74 Å². The van der Waals surface area contributed by atoms with Gasteiger partial charge in [-0.05, 0) is 66.9 Å². The molecule has 1 heterocycles. The Kier molecular flexibility index (Phi) is 5.47. The van der Waals surface area contributed by atoms with Crippen LogP contribution >= 0.6 is 15.9 Å². The van der Waals surface area contributed by atoms with E-state index in [0.29, 0.717) is 12.1 Å². The molecular formula is C16H25BrN2O. The van der Waals surface area contributed by atoms with Crippen LogP contribution in [0.2, 0.25) is 0 Å². The Balaban J connectivity index is 2.36. The van der Waals surface area contributed by atoms with Gasteiger partial charge >= 0.3 is 0 Å². The highest BCUT2D eigenvalue weighted by atomic mass is 79.9. The van der Waals surface area contributed by atoms with Gasteiger partial charge in [-0.1, -0.05) is 12.5 Å². The Morgan fingerprint density at radius 3 is 2.70 bits per heavy atom. The van der Waals surface area contributed by atoms with E-state index in [1.54, 1.807) is 7.11 Å². The van der Waals surface area contributed by atoms with Gasteiger partial charge in [0.25, 0.3) is 0 Å². The fourth-order valence-corrected chi connectivity index (χ4v) is 3.66. The summed E-state index contributed by atoms with van der Waals surface area (Å²) in [6, 6.07) is 7.32. The van der Waals surface area contributed by atoms with E-state index in [4.69, 9.17) is 10.5 Å². The van der Waals surface area contributed by atoms with Gasteiger partial charge in [0, 0.05) is 12.1 Å². The fraction of sp³-hybridized carbons (Fsp3) is 0.625. The van der Waals surface area contributed by atoms with Gasteiger partial charge in [0.15, 0.2) is 0 Å². The fourth-order valence-electron chi connectivity index (χ4n) is 3.10. The minimum absolute atomic E-state index is 0.195. The van der Waals surface area contributed by atoms with E-state index in [-0.39, 0.29) is 6.04 Å². The van der Waals surface area contributed by atoms with Gasteiger partial charge in [-0.25, -0.2) is 0 Å². The second-order valence-electron chi connectivity index (χ2n) is 5.83. The summed E-state index contributed by atoms with van der Waals surface area (Å²) in [6.07, 6.45) is 3.55. The summed E-state index contributed by atoms with van der Waals surface area (Å²) in [6.45, 7) is 5.63. The van der Waals surface area contributed by atoms with Gasteiger partial charge in [-0.15, -0.1) is 0 Å². The molecule has 0 aliphatic carbocycles. The van der Waals surface area contributed by atoms with Gasteiger partial charge in [0.05, 0.1) is 17.6 Å². The van der Waals surface area contributed by atoms with Crippen molar-refractivity contribution in [1.29, 1.82) is 0 Å². The van der Waals surface area contributed by atoms with Crippen LogP contribution in [-0.2, 0) is 0 Å². The number of nitrogens with zero attached hydrogens (tertiary/aromatic N) is 1. The summed E-state index contributed by atoms with van der Waals surface area (Å²) in [5, 5.41) is 0. The van der Waals surface area contributed by atoms with E-state index < -0.39 is 0 Å². The molecular weight excluding hydrogens is 316 g/mol. The first-order chi connectivity index (χ1) is 9.54. The van der Waals surface area contributed by atoms with Gasteiger partial charge in [0.2, 0.25) is 0 Å². The summed E-state index contributed by atoms with van der Waals surface area (Å²) < 4.78 is 6.32. The van der Waals surface area contributed by atoms with Gasteiger partial charge < -0.3 is 10.5 Å². The molecule has 0 aromatic heterocycles. The lowest BCUT2D eigenvalue weighted by molar-refractivity contribution is 0.144. The number of likely N-dealkylation sites (tertiary alicyclic amines) is 1. The first-order valence-electron chi connectivity index (χ1n) is 7.39. The molecule has 112 valence electrons. The van der Waals surface area contributed by atoms with Crippen LogP contribution in [0.4, 0.5) is 0 Å². The van der Waals surface area contributed by atoms with E-state index >= 15 is 0 Å². The number of hydrogen-bond acceptors (Lipinski definition) is 3. The molecule has 3 nitrogen and oxygen atoms in total. The molecule has 1 fully saturated rings. The number of methoxy groups -OCH3 is 1. The maximum Gasteiger partial charge on any atom is 0.133 e. The smallest absolute Gasteiger partial charge is 0.133 e. The van der Waals surface area contributed by atoms with Crippen molar-refractivity contribution in [3.05, 3.63) is 28.2 Å². The quantitative estimate of drug-likeness (QED) is 0.911. The molecule has 0 spiro atoms. The summed E-state index contributed by atoms with van der Waals surface area (Å²) in [5.41, 5.74) is 7.75. The summed E-state index contributed by atoms with van der Waals surface area (Å²) in [4.78, 5) is 2.53. The second kappa shape index (κ2) is 6.92. The van der Waals surface area contributed by atoms with Crippen LogP contribution < -0.4 is 10.5 Å². The maximum atomic E-state index is 6.47. The highest BCUT2D eigenvalue weighted by Gasteiger charge is 2.30. The van der Waals surface area contributed by atoms with Gasteiger partial charge in [-0.2, -0.15) is 0 Å². The highest BCUT2D eigenvalue weighted by Crippen LogP contribution is 2.35. The molecule has 2 rings (SSSR count). The number of rotatable bonds is 3. The van der Waals surface area contributed by atoms with Crippen molar-refractivity contribution >= 4 is 15.9 Å². The number of benzene rings is 1. The Hall–Kier alpha value is -0.580. The molecule has 0 saturated carbocycles. The Morgan fingerprint density at radius 1 is 1.35 bits per heavy atom. The second-order valence-corrected chi connectivity index (χ2v) is 6.68. The van der Waals surface area contributed by atoms with Crippen LogP contribution in [0, 0.1) is 0 Å². The third kappa shape index (κ3) is 3.35. The standard InChI is InChI=1S/C16H25BrN2O/c1-11(2)19-9-5-4-6-14(18)16(19)12-7-8-15(20-3)13(17)10-12/h7-8,10-11,14,16H,4-6,9,18H2,1-3H3. The molecule has 2 unspecified atom stereocenters. The van der Waals surface area contributed by atoms with E-state index in [1.165, 1.54) is 18.4 Å². The number of hydrogen-bond donors (Lipinski definition) is 1. The van der Waals surface area contributed by atoms with Crippen LogP contribution in [0.25, 0.3) is 0 Å². The van der Waals surface area contributed by atoms with Crippen molar-refractivity contribution in [2.45, 2.75) is 51.2 Å². The number of ether oxygens (including phenoxy) is 1. The molecule has 20 heavy (non-hydrogen) atoms. The topological polar surface area (TPSA) is 38.5 Å². The van der Waals surface area contributed by atoms with Gasteiger partial charge in [0.1, 0.15) is 5.75 Å². The van der Waals surface area contributed by atoms with Gasteiger partial charge in [-0.3, -0.25) is 4.90 Å². The average Bonchev–Trinajstić information content (AvgIpc) is 2.60. The van der Waals surface area contributed by atoms with Crippen LogP contribution in [-0.4, -0.2) is 30.6 Å². The van der Waals surface area contributed by atoms with Crippen molar-refractivity contribution in [2.75, 3.05) is 13.7 Å². The Morgan fingerprint density at radius 2 is 2.10 bits per heavy atom. The third-order valence-corrected chi connectivity index (χ3v) is 4.77. The van der Waals surface area contributed by atoms with Crippen molar-refractivity contribution in [2.24, 2.45) is 5.73 Å². The molecule has 1 saturated heterocycles. The minimum Gasteiger partial charge on any atom is -0.496 e. The van der Waals surface area contributed by atoms with Crippen molar-refractivity contribution in [3.8, 4) is 5.75 Å². The predicted molar refractivity (Wildman–Crippen MR) is 87.1 cm³/mol. The molecule has 1 aliphatic heterocycles. The minimum atomic E-state index is 0.195. The predicted octanol–water partition coefficient (Wildman–Crippen LogP) is 3.72. The van der Waals surface area contributed by atoms with Crippen LogP contribution in [0.1, 0.15) is 44.7 Å². The van der Waals surface area contributed by atoms with Crippen molar-refractivity contribution in [1.82, 2.24) is 4.90 Å². The van der Waals surface area contributed by atoms with Crippen LogP contribution in [0.15, 0.2) is 22.7 Å². The lowest BCUT2D eigenvalue weighted by Crippen LogP contribution is -2.43. The normalized spacial score (nSPS) is 24.7. The molecule has 2 atom stereocenters. The van der Waals surface area contributed by atoms with E-state index in [1.807, 2.05) is 6.07 Å². The summed E-state index contributed by atoms with van der Waals surface area (Å²) in [5.74, 6) is 0.868. The zero-order valence-electron chi connectivity index (χ0n) is 12.6. The highest BCUT2D eigenvalue weighted by molar-refractivity contribution is 9.10. The lowest BCUT2D eigenvalue weighted by Gasteiger charge is -2.37. The first kappa shape index (κ1) is 15.8. The molecule has 1 aromatic carbocycles. The first-order valence-corrected chi connectivity index (χ1v) is 8.18. The molecule has 4 heteroatoms. The molecule has 0 bridgehead atoms. The zero-order valence-corrected chi connectivity index (χ0v) is 14.2. The SMILES string of the molecule is COc1ccc(C2C(N)CCCCN2C(C)C)cc1Br. The Bertz CT molecular complexity index is 450. The van der Waals surface area contributed by atoms with E-state index in [2.05, 4.69) is 46.8 Å². The molecule has 0 amide bonds. The van der Waals surface area contributed by atoms with Crippen LogP contribution in [0.3, 0.4) is 0 Å². The zero-order chi connectivity index (χ0) is 14.7. The molecule has 2 N–H and O–H groups in total. The third-order valence-electron chi connectivity index (χ3n) is 4.15. The van der Waals surface area contributed by atoms with Crippen molar-refractivity contribution in [3.63, 3.8) is 0 Å². The Labute approximate surface area is 130 Å². The van der Waals surface area contributed by atoms with Crippen LogP contribution in [0.5, 0.6) is 5.75 Å². The lowest BCUT2D eigenvalue weighted by atomic mass is 9.95. The molecule has 1 aromatic rings. The summed E-state index contributed by atoms with van der Waals surface area (Å²) >= 11 is 3.59. The largest absolute Gasteiger partial charge is 0.496 e. The van der Waals surface area contributed by atoms with E-state index in [9.17, 15) is 0 Å². The summed E-state index contributed by atoms with van der Waals surface area (Å²) in [7, 11) is 1.69. The monoisotopic (exact) mass is 340 g/mol. The maximum absolute atomic E-state index is 6.47.